The van der Waals surface area contributed by atoms with E-state index in [1.54, 1.807) is 0 Å². The maximum Gasteiger partial charge on any atom is 0.160 e. The van der Waals surface area contributed by atoms with Crippen molar-refractivity contribution in [3.05, 3.63) is 0 Å². The van der Waals surface area contributed by atoms with Crippen LogP contribution in [0.5, 0.6) is 0 Å². The summed E-state index contributed by atoms with van der Waals surface area (Å²) in [6, 6.07) is 0. The zero-order chi connectivity index (χ0) is 13.8. The zero-order valence-corrected chi connectivity index (χ0v) is 12.3. The van der Waals surface area contributed by atoms with E-state index in [2.05, 4.69) is 27.7 Å². The second-order valence-electron chi connectivity index (χ2n) is 5.95. The number of hydrogen-bond acceptors (Lipinski definition) is 5. The fraction of sp³-hybridized carbons (Fsp3) is 1.00. The maximum absolute atomic E-state index is 5.73. The largest absolute Gasteiger partial charge is 0.376 e. The molecule has 0 amide bonds. The van der Waals surface area contributed by atoms with Crippen molar-refractivity contribution in [2.45, 2.75) is 52.5 Å². The van der Waals surface area contributed by atoms with Gasteiger partial charge in [-0.3, -0.25) is 0 Å². The van der Waals surface area contributed by atoms with Crippen LogP contribution in [-0.4, -0.2) is 51.2 Å². The molecule has 0 aromatic carbocycles. The van der Waals surface area contributed by atoms with Crippen LogP contribution in [0.4, 0.5) is 0 Å². The molecule has 0 bridgehead atoms. The number of rotatable bonds is 6. The lowest BCUT2D eigenvalue weighted by atomic mass is 10.2. The number of ether oxygens (including phenoxy) is 5. The molecule has 0 aromatic rings. The van der Waals surface area contributed by atoms with Gasteiger partial charge in [0.25, 0.3) is 0 Å². The van der Waals surface area contributed by atoms with Gasteiger partial charge in [-0.15, -0.1) is 0 Å². The van der Waals surface area contributed by atoms with Crippen LogP contribution in [0, 0.1) is 11.8 Å². The topological polar surface area (TPSA) is 46.2 Å². The maximum atomic E-state index is 5.73. The Kier molecular flexibility index (Phi) is 5.59. The molecule has 0 aliphatic carbocycles. The molecule has 2 fully saturated rings. The minimum absolute atomic E-state index is 0.0376. The molecule has 4 atom stereocenters. The fourth-order valence-corrected chi connectivity index (χ4v) is 2.15. The molecule has 5 nitrogen and oxygen atoms in total. The molecule has 2 saturated heterocycles. The minimum Gasteiger partial charge on any atom is -0.376 e. The van der Waals surface area contributed by atoms with E-state index in [0.717, 1.165) is 0 Å². The Balaban J connectivity index is 1.58. The van der Waals surface area contributed by atoms with Gasteiger partial charge in [-0.25, -0.2) is 0 Å². The van der Waals surface area contributed by atoms with Crippen LogP contribution < -0.4 is 0 Å². The summed E-state index contributed by atoms with van der Waals surface area (Å²) in [5, 5.41) is 0. The predicted octanol–water partition coefficient (Wildman–Crippen LogP) is 1.80. The normalized spacial score (nSPS) is 35.7. The first-order valence-electron chi connectivity index (χ1n) is 7.18. The van der Waals surface area contributed by atoms with E-state index in [9.17, 15) is 0 Å². The smallest absolute Gasteiger partial charge is 0.160 e. The highest BCUT2D eigenvalue weighted by Crippen LogP contribution is 2.20. The van der Waals surface area contributed by atoms with Gasteiger partial charge in [-0.05, 0) is 0 Å². The molecule has 2 aliphatic rings. The van der Waals surface area contributed by atoms with Crippen molar-refractivity contribution in [3.8, 4) is 0 Å². The quantitative estimate of drug-likeness (QED) is 0.739. The average Bonchev–Trinajstić information content (AvgIpc) is 2.97. The van der Waals surface area contributed by atoms with E-state index in [1.807, 2.05) is 0 Å². The summed E-state index contributed by atoms with van der Waals surface area (Å²) in [4.78, 5) is 0. The Morgan fingerprint density at radius 1 is 0.842 bits per heavy atom. The van der Waals surface area contributed by atoms with Crippen LogP contribution in [-0.2, 0) is 23.7 Å². The summed E-state index contributed by atoms with van der Waals surface area (Å²) < 4.78 is 28.2. The SMILES string of the molecule is CC(C)C1OCC(COCC2COC(C(C)C)O2)O1. The zero-order valence-electron chi connectivity index (χ0n) is 12.3. The van der Waals surface area contributed by atoms with Crippen molar-refractivity contribution in [3.63, 3.8) is 0 Å². The Labute approximate surface area is 115 Å². The predicted molar refractivity (Wildman–Crippen MR) is 69.7 cm³/mol. The van der Waals surface area contributed by atoms with Crippen molar-refractivity contribution in [1.82, 2.24) is 0 Å². The molecular weight excluding hydrogens is 248 g/mol. The third-order valence-electron chi connectivity index (χ3n) is 3.24. The highest BCUT2D eigenvalue weighted by atomic mass is 16.7. The first-order valence-corrected chi connectivity index (χ1v) is 7.18. The van der Waals surface area contributed by atoms with Crippen LogP contribution >= 0.6 is 0 Å². The summed E-state index contributed by atoms with van der Waals surface area (Å²) >= 11 is 0. The summed E-state index contributed by atoms with van der Waals surface area (Å²) in [6.45, 7) is 10.7. The van der Waals surface area contributed by atoms with Gasteiger partial charge in [-0.1, -0.05) is 27.7 Å². The Morgan fingerprint density at radius 2 is 1.26 bits per heavy atom. The fourth-order valence-electron chi connectivity index (χ4n) is 2.15. The highest BCUT2D eigenvalue weighted by Gasteiger charge is 2.30. The molecule has 5 heteroatoms. The second-order valence-corrected chi connectivity index (χ2v) is 5.95. The van der Waals surface area contributed by atoms with E-state index in [1.165, 1.54) is 0 Å². The van der Waals surface area contributed by atoms with Gasteiger partial charge >= 0.3 is 0 Å². The Morgan fingerprint density at radius 3 is 1.58 bits per heavy atom. The van der Waals surface area contributed by atoms with Gasteiger partial charge in [0.1, 0.15) is 12.2 Å². The molecule has 0 aromatic heterocycles. The van der Waals surface area contributed by atoms with E-state index in [-0.39, 0.29) is 24.8 Å². The highest BCUT2D eigenvalue weighted by molar-refractivity contribution is 4.69. The molecule has 2 heterocycles. The average molecular weight is 274 g/mol. The second kappa shape index (κ2) is 6.99. The van der Waals surface area contributed by atoms with E-state index < -0.39 is 0 Å². The molecule has 112 valence electrons. The van der Waals surface area contributed by atoms with Crippen molar-refractivity contribution < 1.29 is 23.7 Å². The summed E-state index contributed by atoms with van der Waals surface area (Å²) in [5.74, 6) is 0.756. The lowest BCUT2D eigenvalue weighted by Gasteiger charge is -2.16. The van der Waals surface area contributed by atoms with Crippen molar-refractivity contribution in [2.24, 2.45) is 11.8 Å². The summed E-state index contributed by atoms with van der Waals surface area (Å²) in [6.07, 6.45) is -0.110. The summed E-state index contributed by atoms with van der Waals surface area (Å²) in [5.41, 5.74) is 0. The van der Waals surface area contributed by atoms with Crippen LogP contribution in [0.25, 0.3) is 0 Å². The summed E-state index contributed by atoms with van der Waals surface area (Å²) in [7, 11) is 0. The monoisotopic (exact) mass is 274 g/mol. The molecule has 19 heavy (non-hydrogen) atoms. The van der Waals surface area contributed by atoms with E-state index in [4.69, 9.17) is 23.7 Å². The minimum atomic E-state index is -0.0926. The van der Waals surface area contributed by atoms with Gasteiger partial charge in [0.05, 0.1) is 26.4 Å². The van der Waals surface area contributed by atoms with E-state index in [0.29, 0.717) is 38.3 Å². The molecular formula is C14H26O5. The van der Waals surface area contributed by atoms with Crippen LogP contribution in [0.1, 0.15) is 27.7 Å². The molecule has 0 N–H and O–H groups in total. The Hall–Kier alpha value is -0.200. The first kappa shape index (κ1) is 15.2. The number of hydrogen-bond donors (Lipinski definition) is 0. The molecule has 4 unspecified atom stereocenters. The first-order chi connectivity index (χ1) is 9.06. The molecule has 2 rings (SSSR count). The van der Waals surface area contributed by atoms with Crippen LogP contribution in [0.3, 0.4) is 0 Å². The van der Waals surface area contributed by atoms with Crippen molar-refractivity contribution >= 4 is 0 Å². The van der Waals surface area contributed by atoms with Gasteiger partial charge < -0.3 is 23.7 Å². The molecule has 0 radical (unpaired) electrons. The Bertz CT molecular complexity index is 243. The molecule has 0 spiro atoms. The van der Waals surface area contributed by atoms with Gasteiger partial charge in [0, 0.05) is 11.8 Å². The lowest BCUT2D eigenvalue weighted by Crippen LogP contribution is -2.26. The van der Waals surface area contributed by atoms with Crippen molar-refractivity contribution in [1.29, 1.82) is 0 Å². The van der Waals surface area contributed by atoms with Crippen LogP contribution in [0.15, 0.2) is 0 Å². The third kappa shape index (κ3) is 4.39. The van der Waals surface area contributed by atoms with Gasteiger partial charge in [0.2, 0.25) is 0 Å². The van der Waals surface area contributed by atoms with E-state index >= 15 is 0 Å². The third-order valence-corrected chi connectivity index (χ3v) is 3.24. The lowest BCUT2D eigenvalue weighted by molar-refractivity contribution is -0.111. The molecule has 2 aliphatic heterocycles. The molecule has 0 saturated carbocycles. The van der Waals surface area contributed by atoms with Gasteiger partial charge in [-0.2, -0.15) is 0 Å². The van der Waals surface area contributed by atoms with Crippen LogP contribution in [0.2, 0.25) is 0 Å². The standard InChI is InChI=1S/C14H26O5/c1-9(2)13-16-7-11(18-13)5-15-6-12-8-17-14(19-12)10(3)4/h9-14H,5-8H2,1-4H3. The van der Waals surface area contributed by atoms with Crippen molar-refractivity contribution in [2.75, 3.05) is 26.4 Å². The van der Waals surface area contributed by atoms with Gasteiger partial charge in [0.15, 0.2) is 12.6 Å².